The molecule has 0 atom stereocenters. The van der Waals surface area contributed by atoms with Gasteiger partial charge < -0.3 is 14.8 Å². The SMILES string of the molecule is CCOc1cc(/C=C(\C#N)C(=O)Nc2ccc(C)cc2C)cc(Cl)c1OCc1c(C)ccc2ccccc12. The Morgan fingerprint density at radius 3 is 2.53 bits per heavy atom. The zero-order valence-electron chi connectivity index (χ0n) is 21.9. The van der Waals surface area contributed by atoms with Gasteiger partial charge in [0.2, 0.25) is 0 Å². The Balaban J connectivity index is 1.62. The second-order valence-corrected chi connectivity index (χ2v) is 9.48. The van der Waals surface area contributed by atoms with E-state index in [9.17, 15) is 10.1 Å². The lowest BCUT2D eigenvalue weighted by molar-refractivity contribution is -0.112. The normalized spacial score (nSPS) is 11.2. The topological polar surface area (TPSA) is 71.3 Å². The summed E-state index contributed by atoms with van der Waals surface area (Å²) in [7, 11) is 0. The molecule has 38 heavy (non-hydrogen) atoms. The van der Waals surface area contributed by atoms with Crippen molar-refractivity contribution >= 4 is 40.0 Å². The number of halogens is 1. The van der Waals surface area contributed by atoms with Crippen LogP contribution in [-0.4, -0.2) is 12.5 Å². The maximum Gasteiger partial charge on any atom is 0.266 e. The van der Waals surface area contributed by atoms with E-state index < -0.39 is 5.91 Å². The third-order valence-corrected chi connectivity index (χ3v) is 6.55. The molecule has 0 fully saturated rings. The molecular weight excluding hydrogens is 496 g/mol. The van der Waals surface area contributed by atoms with Gasteiger partial charge in [0.25, 0.3) is 5.91 Å². The number of hydrogen-bond acceptors (Lipinski definition) is 4. The van der Waals surface area contributed by atoms with Gasteiger partial charge in [0, 0.05) is 11.3 Å². The second-order valence-electron chi connectivity index (χ2n) is 9.08. The van der Waals surface area contributed by atoms with Crippen LogP contribution < -0.4 is 14.8 Å². The summed E-state index contributed by atoms with van der Waals surface area (Å²) in [4.78, 5) is 12.9. The highest BCUT2D eigenvalue weighted by Crippen LogP contribution is 2.38. The molecule has 4 aromatic carbocycles. The molecule has 0 aliphatic carbocycles. The molecule has 4 rings (SSSR count). The van der Waals surface area contributed by atoms with Crippen molar-refractivity contribution in [1.29, 1.82) is 5.26 Å². The van der Waals surface area contributed by atoms with Crippen molar-refractivity contribution < 1.29 is 14.3 Å². The quantitative estimate of drug-likeness (QED) is 0.187. The third-order valence-electron chi connectivity index (χ3n) is 6.27. The molecule has 4 aromatic rings. The Labute approximate surface area is 228 Å². The number of nitrogens with one attached hydrogen (secondary N) is 1. The zero-order chi connectivity index (χ0) is 27.2. The number of carbonyl (C=O) groups excluding carboxylic acids is 1. The number of benzene rings is 4. The van der Waals surface area contributed by atoms with Crippen molar-refractivity contribution in [3.05, 3.63) is 105 Å². The lowest BCUT2D eigenvalue weighted by Crippen LogP contribution is -2.14. The van der Waals surface area contributed by atoms with E-state index >= 15 is 0 Å². The van der Waals surface area contributed by atoms with Gasteiger partial charge in [0.05, 0.1) is 11.6 Å². The number of carbonyl (C=O) groups is 1. The lowest BCUT2D eigenvalue weighted by Gasteiger charge is -2.17. The minimum Gasteiger partial charge on any atom is -0.490 e. The maximum atomic E-state index is 12.9. The Kier molecular flexibility index (Phi) is 8.35. The number of amides is 1. The molecule has 0 unspecified atom stereocenters. The molecule has 0 aliphatic heterocycles. The van der Waals surface area contributed by atoms with E-state index in [2.05, 4.69) is 36.5 Å². The van der Waals surface area contributed by atoms with Crippen LogP contribution in [0, 0.1) is 32.1 Å². The van der Waals surface area contributed by atoms with E-state index in [0.29, 0.717) is 41.0 Å². The molecule has 6 heteroatoms. The monoisotopic (exact) mass is 524 g/mol. The fourth-order valence-electron chi connectivity index (χ4n) is 4.31. The van der Waals surface area contributed by atoms with Gasteiger partial charge in [-0.2, -0.15) is 5.26 Å². The van der Waals surface area contributed by atoms with Gasteiger partial charge in [-0.1, -0.05) is 65.7 Å². The van der Waals surface area contributed by atoms with Crippen LogP contribution in [0.2, 0.25) is 5.02 Å². The van der Waals surface area contributed by atoms with Crippen LogP contribution in [0.1, 0.15) is 34.7 Å². The molecule has 0 saturated carbocycles. The minimum absolute atomic E-state index is 0.0523. The summed E-state index contributed by atoms with van der Waals surface area (Å²) in [5.41, 5.74) is 5.35. The van der Waals surface area contributed by atoms with Crippen molar-refractivity contribution in [1.82, 2.24) is 0 Å². The first kappa shape index (κ1) is 26.8. The summed E-state index contributed by atoms with van der Waals surface area (Å²) in [6.07, 6.45) is 1.49. The number of ether oxygens (including phenoxy) is 2. The van der Waals surface area contributed by atoms with Crippen LogP contribution in [0.5, 0.6) is 11.5 Å². The van der Waals surface area contributed by atoms with Crippen LogP contribution in [0.4, 0.5) is 5.69 Å². The molecule has 5 nitrogen and oxygen atoms in total. The van der Waals surface area contributed by atoms with E-state index in [-0.39, 0.29) is 5.57 Å². The first-order valence-corrected chi connectivity index (χ1v) is 12.7. The summed E-state index contributed by atoms with van der Waals surface area (Å²) < 4.78 is 12.0. The van der Waals surface area contributed by atoms with E-state index in [4.69, 9.17) is 21.1 Å². The Bertz CT molecular complexity index is 1580. The Morgan fingerprint density at radius 1 is 1.00 bits per heavy atom. The second kappa shape index (κ2) is 11.9. The third kappa shape index (κ3) is 5.99. The van der Waals surface area contributed by atoms with Gasteiger partial charge in [0.15, 0.2) is 11.5 Å². The van der Waals surface area contributed by atoms with Gasteiger partial charge in [-0.3, -0.25) is 4.79 Å². The van der Waals surface area contributed by atoms with Gasteiger partial charge in [-0.05, 0) is 79.4 Å². The summed E-state index contributed by atoms with van der Waals surface area (Å²) in [6.45, 7) is 8.51. The standard InChI is InChI=1S/C32H29ClN2O3/c1-5-37-30-17-23(15-25(18-34)32(36)35-29-13-10-20(2)14-22(29)4)16-28(33)31(30)38-19-27-21(3)11-12-24-8-6-7-9-26(24)27/h6-17H,5,19H2,1-4H3,(H,35,36)/b25-15+. The average Bonchev–Trinajstić information content (AvgIpc) is 2.89. The highest BCUT2D eigenvalue weighted by molar-refractivity contribution is 6.32. The number of rotatable bonds is 8. The van der Waals surface area contributed by atoms with Crippen molar-refractivity contribution in [2.45, 2.75) is 34.3 Å². The molecule has 0 radical (unpaired) electrons. The number of aryl methyl sites for hydroxylation is 3. The zero-order valence-corrected chi connectivity index (χ0v) is 22.6. The van der Waals surface area contributed by atoms with Crippen LogP contribution in [0.25, 0.3) is 16.8 Å². The first-order chi connectivity index (χ1) is 18.3. The first-order valence-electron chi connectivity index (χ1n) is 12.4. The lowest BCUT2D eigenvalue weighted by atomic mass is 10.0. The van der Waals surface area contributed by atoms with Crippen LogP contribution in [0.15, 0.2) is 72.3 Å². The number of nitrogens with zero attached hydrogens (tertiary/aromatic N) is 1. The van der Waals surface area contributed by atoms with Crippen LogP contribution in [-0.2, 0) is 11.4 Å². The molecule has 0 aliphatic rings. The molecule has 0 saturated heterocycles. The highest BCUT2D eigenvalue weighted by atomic mass is 35.5. The van der Waals surface area contributed by atoms with E-state index in [1.807, 2.05) is 57.2 Å². The Hall–Kier alpha value is -4.27. The van der Waals surface area contributed by atoms with E-state index in [0.717, 1.165) is 33.0 Å². The summed E-state index contributed by atoms with van der Waals surface area (Å²) >= 11 is 6.65. The van der Waals surface area contributed by atoms with Crippen LogP contribution >= 0.6 is 11.6 Å². The summed E-state index contributed by atoms with van der Waals surface area (Å²) in [5, 5.41) is 15.1. The fourth-order valence-corrected chi connectivity index (χ4v) is 4.59. The fraction of sp³-hybridized carbons (Fsp3) is 0.188. The minimum atomic E-state index is -0.500. The van der Waals surface area contributed by atoms with Crippen molar-refractivity contribution in [2.24, 2.45) is 0 Å². The van der Waals surface area contributed by atoms with Gasteiger partial charge in [0.1, 0.15) is 18.2 Å². The van der Waals surface area contributed by atoms with E-state index in [1.165, 1.54) is 6.08 Å². The number of anilines is 1. The van der Waals surface area contributed by atoms with Gasteiger partial charge in [-0.25, -0.2) is 0 Å². The molecule has 0 aromatic heterocycles. The van der Waals surface area contributed by atoms with Crippen LogP contribution in [0.3, 0.4) is 0 Å². The van der Waals surface area contributed by atoms with Crippen molar-refractivity contribution in [3.63, 3.8) is 0 Å². The molecular formula is C32H29ClN2O3. The smallest absolute Gasteiger partial charge is 0.266 e. The summed E-state index contributed by atoms with van der Waals surface area (Å²) in [6, 6.07) is 23.4. The van der Waals surface area contributed by atoms with E-state index in [1.54, 1.807) is 12.1 Å². The molecule has 1 N–H and O–H groups in total. The maximum absolute atomic E-state index is 12.9. The Morgan fingerprint density at radius 2 is 1.79 bits per heavy atom. The average molecular weight is 525 g/mol. The van der Waals surface area contributed by atoms with Crippen molar-refractivity contribution in [3.8, 4) is 17.6 Å². The molecule has 0 bridgehead atoms. The number of nitriles is 1. The summed E-state index contributed by atoms with van der Waals surface area (Å²) in [5.74, 6) is 0.354. The predicted octanol–water partition coefficient (Wildman–Crippen LogP) is 7.94. The van der Waals surface area contributed by atoms with Crippen molar-refractivity contribution in [2.75, 3.05) is 11.9 Å². The van der Waals surface area contributed by atoms with Gasteiger partial charge in [-0.15, -0.1) is 0 Å². The largest absolute Gasteiger partial charge is 0.490 e. The molecule has 0 heterocycles. The predicted molar refractivity (Wildman–Crippen MR) is 154 cm³/mol. The number of hydrogen-bond donors (Lipinski definition) is 1. The van der Waals surface area contributed by atoms with Gasteiger partial charge >= 0.3 is 0 Å². The number of fused-ring (bicyclic) bond motifs is 1. The highest BCUT2D eigenvalue weighted by Gasteiger charge is 2.16. The molecule has 1 amide bonds. The molecule has 192 valence electrons. The molecule has 0 spiro atoms.